The van der Waals surface area contributed by atoms with Crippen LogP contribution in [-0.2, 0) is 14.3 Å². The zero-order chi connectivity index (χ0) is 25.5. The number of para-hydroxylation sites is 2. The van der Waals surface area contributed by atoms with E-state index in [1.54, 1.807) is 64.1 Å². The molecule has 0 aromatic heterocycles. The van der Waals surface area contributed by atoms with Gasteiger partial charge in [-0.25, -0.2) is 4.79 Å². The maximum atomic E-state index is 13.4. The van der Waals surface area contributed by atoms with E-state index >= 15 is 0 Å². The lowest BCUT2D eigenvalue weighted by Gasteiger charge is -2.30. The van der Waals surface area contributed by atoms with Crippen molar-refractivity contribution in [3.63, 3.8) is 0 Å². The van der Waals surface area contributed by atoms with Crippen LogP contribution in [-0.4, -0.2) is 51.3 Å². The number of hydrogen-bond donors (Lipinski definition) is 4. The van der Waals surface area contributed by atoms with Gasteiger partial charge in [-0.1, -0.05) is 42.8 Å². The van der Waals surface area contributed by atoms with Crippen LogP contribution in [0.4, 0.5) is 10.5 Å². The second kappa shape index (κ2) is 11.2. The Kier molecular flexibility index (Phi) is 8.64. The molecule has 0 spiro atoms. The van der Waals surface area contributed by atoms with E-state index in [0.717, 1.165) is 10.5 Å². The molecule has 0 bridgehead atoms. The minimum absolute atomic E-state index is 0.0637. The first kappa shape index (κ1) is 26.2. The van der Waals surface area contributed by atoms with Gasteiger partial charge in [0, 0.05) is 17.3 Å². The van der Waals surface area contributed by atoms with Crippen molar-refractivity contribution in [2.75, 3.05) is 11.9 Å². The number of aliphatic hydroxyl groups excluding tert-OH is 1. The molecule has 4 N–H and O–H groups in total. The molecule has 2 unspecified atom stereocenters. The molecule has 2 aromatic rings. The number of aryl methyl sites for hydroxylation is 1. The number of phenols is 1. The van der Waals surface area contributed by atoms with Crippen LogP contribution in [0.2, 0.25) is 0 Å². The van der Waals surface area contributed by atoms with Crippen LogP contribution in [0, 0.1) is 19.4 Å². The molecule has 3 amide bonds. The van der Waals surface area contributed by atoms with Gasteiger partial charge >= 0.3 is 6.09 Å². The summed E-state index contributed by atoms with van der Waals surface area (Å²) in [5.41, 5.74) is 0.479. The normalized spacial score (nSPS) is 12.6. The van der Waals surface area contributed by atoms with E-state index in [-0.39, 0.29) is 11.3 Å². The van der Waals surface area contributed by atoms with Crippen molar-refractivity contribution in [2.45, 2.75) is 45.4 Å². The number of amides is 3. The Labute approximate surface area is 198 Å². The summed E-state index contributed by atoms with van der Waals surface area (Å²) in [5, 5.41) is 25.2. The summed E-state index contributed by atoms with van der Waals surface area (Å²) in [4.78, 5) is 39.5. The number of carbonyl (C=O) groups excluding carboxylic acids is 3. The monoisotopic (exact) mass is 467 g/mol. The first-order valence-electron chi connectivity index (χ1n) is 10.5. The van der Waals surface area contributed by atoms with Gasteiger partial charge in [0.25, 0.3) is 11.8 Å². The summed E-state index contributed by atoms with van der Waals surface area (Å²) in [6.45, 7) is 5.91. The summed E-state index contributed by atoms with van der Waals surface area (Å²) in [7, 11) is 0. The van der Waals surface area contributed by atoms with Gasteiger partial charge in [-0.3, -0.25) is 14.5 Å². The van der Waals surface area contributed by atoms with Crippen LogP contribution in [0.15, 0.2) is 48.5 Å². The van der Waals surface area contributed by atoms with Crippen molar-refractivity contribution in [1.82, 2.24) is 10.2 Å². The molecular weight excluding hydrogens is 438 g/mol. The highest BCUT2D eigenvalue weighted by Gasteiger charge is 2.37. The number of aromatic hydroxyl groups is 1. The standard InChI is InChI=1S/C25H29N3O6/c1-6-28(23(32)19(15-29)27-24(33)34-25(3,4)5)21(17-12-8-10-14-20(17)30)22(31)26-18-13-9-7-11-16(18)2/h1,7-14,19,21,29-30H,15H2,2-5H3,(H,26,31)(H,27,33). The van der Waals surface area contributed by atoms with Crippen LogP contribution in [0.3, 0.4) is 0 Å². The Morgan fingerprint density at radius 1 is 1.12 bits per heavy atom. The number of nitrogens with one attached hydrogen (secondary N) is 2. The van der Waals surface area contributed by atoms with Crippen LogP contribution >= 0.6 is 0 Å². The predicted molar refractivity (Wildman–Crippen MR) is 127 cm³/mol. The highest BCUT2D eigenvalue weighted by molar-refractivity contribution is 6.00. The van der Waals surface area contributed by atoms with E-state index in [1.165, 1.54) is 12.1 Å². The highest BCUT2D eigenvalue weighted by Crippen LogP contribution is 2.30. The quantitative estimate of drug-likeness (QED) is 0.366. The van der Waals surface area contributed by atoms with E-state index in [9.17, 15) is 24.6 Å². The number of phenolic OH excluding ortho intramolecular Hbond substituents is 1. The maximum absolute atomic E-state index is 13.4. The molecule has 9 nitrogen and oxygen atoms in total. The number of benzene rings is 2. The molecular formula is C25H29N3O6. The molecule has 2 rings (SSSR count). The number of aliphatic hydroxyl groups is 1. The van der Waals surface area contributed by atoms with Crippen molar-refractivity contribution < 1.29 is 29.3 Å². The summed E-state index contributed by atoms with van der Waals surface area (Å²) < 4.78 is 5.13. The van der Waals surface area contributed by atoms with E-state index < -0.39 is 42.2 Å². The number of anilines is 1. The summed E-state index contributed by atoms with van der Waals surface area (Å²) in [6, 6.07) is 12.1. The molecule has 2 aromatic carbocycles. The first-order valence-corrected chi connectivity index (χ1v) is 10.5. The van der Waals surface area contributed by atoms with Crippen molar-refractivity contribution in [1.29, 1.82) is 0 Å². The molecule has 180 valence electrons. The number of hydrogen-bond acceptors (Lipinski definition) is 6. The van der Waals surface area contributed by atoms with Crippen molar-refractivity contribution in [2.24, 2.45) is 0 Å². The van der Waals surface area contributed by atoms with Gasteiger partial charge in [0.15, 0.2) is 6.04 Å². The molecule has 0 saturated carbocycles. The number of rotatable bonds is 7. The number of carbonyl (C=O) groups is 3. The zero-order valence-electron chi connectivity index (χ0n) is 19.5. The van der Waals surface area contributed by atoms with Crippen molar-refractivity contribution >= 4 is 23.6 Å². The third-order valence-corrected chi connectivity index (χ3v) is 4.69. The molecule has 34 heavy (non-hydrogen) atoms. The predicted octanol–water partition coefficient (Wildman–Crippen LogP) is 2.69. The molecule has 2 atom stereocenters. The molecule has 0 aliphatic rings. The Balaban J connectivity index is 2.42. The van der Waals surface area contributed by atoms with Gasteiger partial charge in [0.05, 0.1) is 6.61 Å². The van der Waals surface area contributed by atoms with Gasteiger partial charge in [-0.05, 0) is 45.4 Å². The minimum Gasteiger partial charge on any atom is -0.508 e. The van der Waals surface area contributed by atoms with Gasteiger partial charge in [0.2, 0.25) is 0 Å². The summed E-state index contributed by atoms with van der Waals surface area (Å²) in [5.74, 6) is -1.90. The Bertz CT molecular complexity index is 1090. The van der Waals surface area contributed by atoms with Gasteiger partial charge < -0.3 is 25.6 Å². The molecule has 0 aliphatic carbocycles. The maximum Gasteiger partial charge on any atom is 0.408 e. The molecule has 0 aliphatic heterocycles. The number of nitrogens with zero attached hydrogens (tertiary/aromatic N) is 1. The van der Waals surface area contributed by atoms with Crippen LogP contribution in [0.25, 0.3) is 0 Å². The van der Waals surface area contributed by atoms with E-state index in [1.807, 2.05) is 0 Å². The third-order valence-electron chi connectivity index (χ3n) is 4.69. The fourth-order valence-corrected chi connectivity index (χ4v) is 3.10. The van der Waals surface area contributed by atoms with Crippen LogP contribution in [0.1, 0.15) is 37.9 Å². The fraction of sp³-hybridized carbons (Fsp3) is 0.320. The average Bonchev–Trinajstić information content (AvgIpc) is 2.76. The first-order chi connectivity index (χ1) is 16.0. The largest absolute Gasteiger partial charge is 0.508 e. The van der Waals surface area contributed by atoms with E-state index in [0.29, 0.717) is 5.69 Å². The fourth-order valence-electron chi connectivity index (χ4n) is 3.10. The smallest absolute Gasteiger partial charge is 0.408 e. The Hall–Kier alpha value is -4.03. The van der Waals surface area contributed by atoms with Crippen molar-refractivity contribution in [3.8, 4) is 18.2 Å². The number of ether oxygens (including phenoxy) is 1. The lowest BCUT2D eigenvalue weighted by Crippen LogP contribution is -2.52. The number of alkyl carbamates (subject to hydrolysis) is 1. The summed E-state index contributed by atoms with van der Waals surface area (Å²) in [6.07, 6.45) is 4.67. The Morgan fingerprint density at radius 2 is 1.74 bits per heavy atom. The van der Waals surface area contributed by atoms with E-state index in [4.69, 9.17) is 11.2 Å². The van der Waals surface area contributed by atoms with E-state index in [2.05, 4.69) is 16.7 Å². The van der Waals surface area contributed by atoms with Gasteiger partial charge in [-0.15, -0.1) is 0 Å². The van der Waals surface area contributed by atoms with Crippen LogP contribution in [0.5, 0.6) is 5.75 Å². The second-order valence-electron chi connectivity index (χ2n) is 8.48. The molecule has 0 fully saturated rings. The topological polar surface area (TPSA) is 128 Å². The second-order valence-corrected chi connectivity index (χ2v) is 8.48. The van der Waals surface area contributed by atoms with Gasteiger partial charge in [-0.2, -0.15) is 0 Å². The number of terminal acetylenes is 1. The SMILES string of the molecule is C#CN(C(=O)C(CO)NC(=O)OC(C)(C)C)C(C(=O)Nc1ccccc1C)c1ccccc1O. The molecule has 0 heterocycles. The summed E-state index contributed by atoms with van der Waals surface area (Å²) >= 11 is 0. The Morgan fingerprint density at radius 3 is 2.29 bits per heavy atom. The third kappa shape index (κ3) is 6.73. The van der Waals surface area contributed by atoms with Gasteiger partial charge in [0.1, 0.15) is 17.4 Å². The van der Waals surface area contributed by atoms with Crippen LogP contribution < -0.4 is 10.6 Å². The molecule has 0 radical (unpaired) electrons. The lowest BCUT2D eigenvalue weighted by atomic mass is 10.0. The lowest BCUT2D eigenvalue weighted by molar-refractivity contribution is -0.137. The zero-order valence-corrected chi connectivity index (χ0v) is 19.5. The molecule has 0 saturated heterocycles. The average molecular weight is 468 g/mol. The molecule has 9 heteroatoms. The highest BCUT2D eigenvalue weighted by atomic mass is 16.6. The van der Waals surface area contributed by atoms with Crippen molar-refractivity contribution in [3.05, 3.63) is 59.7 Å². The minimum atomic E-state index is -1.49.